The molecule has 190 valence electrons. The van der Waals surface area contributed by atoms with Crippen molar-refractivity contribution in [3.8, 4) is 0 Å². The van der Waals surface area contributed by atoms with Gasteiger partial charge in [0.2, 0.25) is 0 Å². The molecule has 0 saturated carbocycles. The number of nitrogens with zero attached hydrogens (tertiary/aromatic N) is 4. The molecule has 1 aliphatic rings. The number of allylic oxidation sites excluding steroid dienone is 1. The summed E-state index contributed by atoms with van der Waals surface area (Å²) in [6, 6.07) is 8.83. The van der Waals surface area contributed by atoms with Gasteiger partial charge in [-0.3, -0.25) is 9.48 Å². The number of anilines is 1. The summed E-state index contributed by atoms with van der Waals surface area (Å²) in [5.41, 5.74) is 0.182. The topological polar surface area (TPSA) is 75.1 Å². The number of halogens is 3. The van der Waals surface area contributed by atoms with E-state index < -0.39 is 11.7 Å². The van der Waals surface area contributed by atoms with Crippen molar-refractivity contribution in [3.05, 3.63) is 66.3 Å². The summed E-state index contributed by atoms with van der Waals surface area (Å²) in [6.07, 6.45) is 2.18. The van der Waals surface area contributed by atoms with Crippen LogP contribution in [0.2, 0.25) is 0 Å². The summed E-state index contributed by atoms with van der Waals surface area (Å²) in [4.78, 5) is 18.7. The number of nitrogens with one attached hydrogen (secondary N) is 2. The van der Waals surface area contributed by atoms with E-state index in [9.17, 15) is 18.0 Å². The number of aromatic nitrogens is 3. The zero-order valence-electron chi connectivity index (χ0n) is 20.3. The molecule has 1 saturated heterocycles. The second kappa shape index (κ2) is 10.5. The minimum absolute atomic E-state index is 0.167. The second-order valence-corrected chi connectivity index (χ2v) is 8.98. The average molecular weight is 499 g/mol. The molecule has 2 N–H and O–H groups in total. The lowest BCUT2D eigenvalue weighted by Crippen LogP contribution is -2.36. The first-order valence-corrected chi connectivity index (χ1v) is 11.7. The third-order valence-electron chi connectivity index (χ3n) is 6.22. The second-order valence-electron chi connectivity index (χ2n) is 8.98. The number of fused-ring (bicyclic) bond motifs is 1. The molecule has 0 aliphatic carbocycles. The van der Waals surface area contributed by atoms with Gasteiger partial charge in [-0.25, -0.2) is 4.98 Å². The third kappa shape index (κ3) is 5.93. The monoisotopic (exact) mass is 498 g/mol. The molecule has 1 fully saturated rings. The van der Waals surface area contributed by atoms with Gasteiger partial charge in [-0.2, -0.15) is 18.3 Å². The van der Waals surface area contributed by atoms with E-state index in [0.717, 1.165) is 31.6 Å². The predicted molar refractivity (Wildman–Crippen MR) is 136 cm³/mol. The van der Waals surface area contributed by atoms with Crippen LogP contribution in [0.4, 0.5) is 18.9 Å². The van der Waals surface area contributed by atoms with E-state index in [1.807, 2.05) is 6.07 Å². The quantitative estimate of drug-likeness (QED) is 0.502. The number of benzene rings is 1. The fraction of sp³-hybridized carbons (Fsp3) is 0.346. The van der Waals surface area contributed by atoms with Gasteiger partial charge < -0.3 is 15.5 Å². The number of rotatable bonds is 7. The summed E-state index contributed by atoms with van der Waals surface area (Å²) in [5, 5.41) is 11.3. The molecule has 3 aromatic rings. The largest absolute Gasteiger partial charge is 0.417 e. The van der Waals surface area contributed by atoms with Crippen molar-refractivity contribution in [2.24, 2.45) is 7.05 Å². The zero-order valence-corrected chi connectivity index (χ0v) is 20.3. The predicted octanol–water partition coefficient (Wildman–Crippen LogP) is 4.49. The highest BCUT2D eigenvalue weighted by Crippen LogP contribution is 2.37. The first-order valence-electron chi connectivity index (χ1n) is 11.7. The molecule has 0 unspecified atom stereocenters. The molecule has 0 bridgehead atoms. The van der Waals surface area contributed by atoms with Crippen LogP contribution in [-0.4, -0.2) is 64.5 Å². The zero-order chi connectivity index (χ0) is 25.9. The Hall–Kier alpha value is -3.66. The van der Waals surface area contributed by atoms with E-state index in [1.165, 1.54) is 4.68 Å². The van der Waals surface area contributed by atoms with Crippen molar-refractivity contribution in [2.75, 3.05) is 32.0 Å². The van der Waals surface area contributed by atoms with Gasteiger partial charge >= 0.3 is 6.18 Å². The Morgan fingerprint density at radius 1 is 1.19 bits per heavy atom. The number of pyridine rings is 1. The molecule has 1 aliphatic heterocycles. The van der Waals surface area contributed by atoms with Crippen molar-refractivity contribution in [1.29, 1.82) is 0 Å². The van der Waals surface area contributed by atoms with Crippen molar-refractivity contribution in [3.63, 3.8) is 0 Å². The molecule has 7 nitrogen and oxygen atoms in total. The summed E-state index contributed by atoms with van der Waals surface area (Å²) in [6.45, 7) is 5.37. The summed E-state index contributed by atoms with van der Waals surface area (Å²) >= 11 is 0. The van der Waals surface area contributed by atoms with Gasteiger partial charge in [0, 0.05) is 42.3 Å². The van der Waals surface area contributed by atoms with Gasteiger partial charge in [0.15, 0.2) is 0 Å². The van der Waals surface area contributed by atoms with E-state index in [4.69, 9.17) is 0 Å². The van der Waals surface area contributed by atoms with E-state index in [2.05, 4.69) is 39.2 Å². The molecule has 3 heterocycles. The van der Waals surface area contributed by atoms with Crippen LogP contribution in [0.5, 0.6) is 0 Å². The van der Waals surface area contributed by atoms with Crippen LogP contribution in [0.25, 0.3) is 22.4 Å². The summed E-state index contributed by atoms with van der Waals surface area (Å²) in [5.74, 6) is -0.345. The lowest BCUT2D eigenvalue weighted by atomic mass is 10.00. The number of alkyl halides is 3. The summed E-state index contributed by atoms with van der Waals surface area (Å²) < 4.78 is 42.4. The molecular weight excluding hydrogens is 469 g/mol. The highest BCUT2D eigenvalue weighted by molar-refractivity contribution is 6.01. The number of piperidine rings is 1. The van der Waals surface area contributed by atoms with Crippen LogP contribution < -0.4 is 10.6 Å². The van der Waals surface area contributed by atoms with Crippen molar-refractivity contribution in [1.82, 2.24) is 25.0 Å². The molecule has 1 amide bonds. The minimum atomic E-state index is -4.61. The third-order valence-corrected chi connectivity index (χ3v) is 6.22. The van der Waals surface area contributed by atoms with Crippen LogP contribution in [0.1, 0.15) is 34.7 Å². The van der Waals surface area contributed by atoms with Gasteiger partial charge in [0.1, 0.15) is 5.69 Å². The van der Waals surface area contributed by atoms with E-state index in [-0.39, 0.29) is 29.9 Å². The molecule has 1 aromatic carbocycles. The number of hydrogen-bond acceptors (Lipinski definition) is 5. The number of amides is 1. The molecular formula is C26H29F3N6O. The summed E-state index contributed by atoms with van der Waals surface area (Å²) in [7, 11) is 3.79. The van der Waals surface area contributed by atoms with Gasteiger partial charge in [-0.15, -0.1) is 0 Å². The Morgan fingerprint density at radius 2 is 1.94 bits per heavy atom. The molecule has 2 aromatic heterocycles. The molecule has 0 atom stereocenters. The standard InChI is InChI=1S/C26H29F3N6O/c1-17(26(27,28)29)24-20-7-4-8-22(31-18-9-13-34(2)14-10-18)21(20)16-19(32-24)6-5-12-30-25(36)23-11-15-35(3)33-23/h4-8,11,15-16,18,31H,1,9-10,12-14H2,2-3H3,(H,30,36)/b6-5+. The Bertz CT molecular complexity index is 1290. The molecule has 0 spiro atoms. The maximum absolute atomic E-state index is 13.6. The molecule has 36 heavy (non-hydrogen) atoms. The fourth-order valence-electron chi connectivity index (χ4n) is 4.20. The smallest absolute Gasteiger partial charge is 0.382 e. The average Bonchev–Trinajstić information content (AvgIpc) is 3.28. The van der Waals surface area contributed by atoms with Crippen LogP contribution in [0.15, 0.2) is 49.2 Å². The lowest BCUT2D eigenvalue weighted by Gasteiger charge is -2.30. The number of hydrogen-bond donors (Lipinski definition) is 2. The van der Waals surface area contributed by atoms with Gasteiger partial charge in [-0.1, -0.05) is 24.8 Å². The lowest BCUT2D eigenvalue weighted by molar-refractivity contribution is -0.0688. The Balaban J connectivity index is 1.62. The molecule has 4 rings (SSSR count). The first-order chi connectivity index (χ1) is 17.1. The van der Waals surface area contributed by atoms with Crippen LogP contribution in [-0.2, 0) is 7.05 Å². The first kappa shape index (κ1) is 25.4. The van der Waals surface area contributed by atoms with Crippen molar-refractivity contribution < 1.29 is 18.0 Å². The van der Waals surface area contributed by atoms with E-state index in [0.29, 0.717) is 16.5 Å². The Labute approximate surface area is 207 Å². The Kier molecular flexibility index (Phi) is 7.44. The van der Waals surface area contributed by atoms with Crippen molar-refractivity contribution >= 4 is 34.0 Å². The maximum Gasteiger partial charge on any atom is 0.417 e. The highest BCUT2D eigenvalue weighted by atomic mass is 19.4. The number of carbonyl (C=O) groups excluding carboxylic acids is 1. The van der Waals surface area contributed by atoms with E-state index in [1.54, 1.807) is 49.7 Å². The van der Waals surface area contributed by atoms with Crippen LogP contribution in [0, 0.1) is 0 Å². The molecule has 0 radical (unpaired) electrons. The van der Waals surface area contributed by atoms with Crippen LogP contribution >= 0.6 is 0 Å². The maximum atomic E-state index is 13.6. The van der Waals surface area contributed by atoms with E-state index >= 15 is 0 Å². The van der Waals surface area contributed by atoms with Gasteiger partial charge in [-0.05, 0) is 57.3 Å². The van der Waals surface area contributed by atoms with Crippen LogP contribution in [0.3, 0.4) is 0 Å². The number of aryl methyl sites for hydroxylation is 1. The SMILES string of the molecule is C=C(c1nc(/C=C/CNC(=O)c2ccn(C)n2)cc2c(NC3CCN(C)CC3)cccc12)C(F)(F)F. The van der Waals surface area contributed by atoms with Crippen molar-refractivity contribution in [2.45, 2.75) is 25.1 Å². The minimum Gasteiger partial charge on any atom is -0.382 e. The fourth-order valence-corrected chi connectivity index (χ4v) is 4.20. The Morgan fingerprint density at radius 3 is 2.61 bits per heavy atom. The number of likely N-dealkylation sites (tertiary alicyclic amines) is 1. The van der Waals surface area contributed by atoms with Gasteiger partial charge in [0.05, 0.1) is 17.0 Å². The highest BCUT2D eigenvalue weighted by Gasteiger charge is 2.35. The number of carbonyl (C=O) groups is 1. The van der Waals surface area contributed by atoms with Gasteiger partial charge in [0.25, 0.3) is 5.91 Å². The normalized spacial score (nSPS) is 15.5. The molecule has 10 heteroatoms.